The number of halogens is 1. The molecule has 0 aliphatic carbocycles. The highest BCUT2D eigenvalue weighted by Crippen LogP contribution is 2.15. The average Bonchev–Trinajstić information content (AvgIpc) is 2.91. The standard InChI is InChI=1S/C12H8BrN3O4/c13-9-3-1-8(2-4-9)7-14-15-12(17)10-5-6-11(20-10)16(18)19/h1-7H,(H,15,17). The smallest absolute Gasteiger partial charge is 0.395 e. The zero-order valence-electron chi connectivity index (χ0n) is 9.95. The molecule has 0 bridgehead atoms. The lowest BCUT2D eigenvalue weighted by molar-refractivity contribution is -0.402. The van der Waals surface area contributed by atoms with Gasteiger partial charge in [-0.15, -0.1) is 0 Å². The highest BCUT2D eigenvalue weighted by atomic mass is 79.9. The fourth-order valence-electron chi connectivity index (χ4n) is 1.32. The fraction of sp³-hybridized carbons (Fsp3) is 0. The van der Waals surface area contributed by atoms with Gasteiger partial charge < -0.3 is 4.42 Å². The number of hydrogen-bond donors (Lipinski definition) is 1. The van der Waals surface area contributed by atoms with E-state index in [1.165, 1.54) is 12.3 Å². The third kappa shape index (κ3) is 3.51. The summed E-state index contributed by atoms with van der Waals surface area (Å²) in [5.41, 5.74) is 3.01. The zero-order chi connectivity index (χ0) is 14.5. The molecule has 1 heterocycles. The molecule has 0 saturated carbocycles. The quantitative estimate of drug-likeness (QED) is 0.526. The van der Waals surface area contributed by atoms with Crippen molar-refractivity contribution in [2.75, 3.05) is 0 Å². The maximum atomic E-state index is 11.6. The molecular formula is C12H8BrN3O4. The van der Waals surface area contributed by atoms with Crippen molar-refractivity contribution in [1.29, 1.82) is 0 Å². The van der Waals surface area contributed by atoms with E-state index in [-0.39, 0.29) is 5.76 Å². The maximum absolute atomic E-state index is 11.6. The molecule has 20 heavy (non-hydrogen) atoms. The van der Waals surface area contributed by atoms with Gasteiger partial charge in [-0.25, -0.2) is 5.43 Å². The second kappa shape index (κ2) is 6.11. The molecule has 1 aromatic carbocycles. The molecule has 1 N–H and O–H groups in total. The summed E-state index contributed by atoms with van der Waals surface area (Å²) in [7, 11) is 0. The van der Waals surface area contributed by atoms with Crippen LogP contribution in [0.2, 0.25) is 0 Å². The van der Waals surface area contributed by atoms with E-state index in [9.17, 15) is 14.9 Å². The van der Waals surface area contributed by atoms with Gasteiger partial charge in [-0.3, -0.25) is 14.9 Å². The van der Waals surface area contributed by atoms with Crippen LogP contribution in [0.5, 0.6) is 0 Å². The van der Waals surface area contributed by atoms with Crippen LogP contribution in [-0.4, -0.2) is 17.0 Å². The molecule has 8 heteroatoms. The number of hydrazone groups is 1. The Morgan fingerprint density at radius 2 is 2.00 bits per heavy atom. The number of furan rings is 1. The minimum Gasteiger partial charge on any atom is -0.395 e. The molecule has 7 nitrogen and oxygen atoms in total. The minimum absolute atomic E-state index is 0.176. The summed E-state index contributed by atoms with van der Waals surface area (Å²) in [6, 6.07) is 9.59. The van der Waals surface area contributed by atoms with Gasteiger partial charge in [-0.05, 0) is 23.8 Å². The molecule has 0 aliphatic rings. The van der Waals surface area contributed by atoms with E-state index < -0.39 is 16.7 Å². The van der Waals surface area contributed by atoms with Gasteiger partial charge >= 0.3 is 11.8 Å². The third-order valence-electron chi connectivity index (χ3n) is 2.25. The molecule has 0 unspecified atom stereocenters. The molecule has 0 fully saturated rings. The number of benzene rings is 1. The number of amides is 1. The van der Waals surface area contributed by atoms with Gasteiger partial charge in [0.1, 0.15) is 4.92 Å². The van der Waals surface area contributed by atoms with E-state index in [1.807, 2.05) is 12.1 Å². The number of carbonyl (C=O) groups excluding carboxylic acids is 1. The van der Waals surface area contributed by atoms with Gasteiger partial charge in [0.25, 0.3) is 0 Å². The molecule has 1 aromatic heterocycles. The van der Waals surface area contributed by atoms with Crippen molar-refractivity contribution in [2.45, 2.75) is 0 Å². The summed E-state index contributed by atoms with van der Waals surface area (Å²) in [5.74, 6) is -1.33. The van der Waals surface area contributed by atoms with Crippen LogP contribution < -0.4 is 5.43 Å². The molecule has 0 radical (unpaired) electrons. The van der Waals surface area contributed by atoms with E-state index in [0.717, 1.165) is 16.1 Å². The van der Waals surface area contributed by atoms with Crippen LogP contribution >= 0.6 is 15.9 Å². The number of rotatable bonds is 4. The summed E-state index contributed by atoms with van der Waals surface area (Å²) >= 11 is 3.30. The van der Waals surface area contributed by atoms with E-state index in [2.05, 4.69) is 26.5 Å². The predicted molar refractivity (Wildman–Crippen MR) is 74.6 cm³/mol. The molecular weight excluding hydrogens is 330 g/mol. The normalized spacial score (nSPS) is 10.7. The van der Waals surface area contributed by atoms with Crippen molar-refractivity contribution in [2.24, 2.45) is 5.10 Å². The van der Waals surface area contributed by atoms with Gasteiger partial charge in [0.05, 0.1) is 12.3 Å². The molecule has 2 aromatic rings. The molecule has 0 aliphatic heterocycles. The lowest BCUT2D eigenvalue weighted by atomic mass is 10.2. The molecule has 0 atom stereocenters. The Morgan fingerprint density at radius 1 is 1.30 bits per heavy atom. The Morgan fingerprint density at radius 3 is 2.60 bits per heavy atom. The SMILES string of the molecule is O=C(NN=Cc1ccc(Br)cc1)c1ccc([N+](=O)[O-])o1. The van der Waals surface area contributed by atoms with Crippen molar-refractivity contribution in [1.82, 2.24) is 5.43 Å². The molecule has 102 valence electrons. The Labute approximate surface area is 121 Å². The Kier molecular flexibility index (Phi) is 4.26. The van der Waals surface area contributed by atoms with Gasteiger partial charge in [0.15, 0.2) is 0 Å². The van der Waals surface area contributed by atoms with E-state index >= 15 is 0 Å². The number of nitrogens with zero attached hydrogens (tertiary/aromatic N) is 2. The zero-order valence-corrected chi connectivity index (χ0v) is 11.5. The lowest BCUT2D eigenvalue weighted by Gasteiger charge is -1.95. The van der Waals surface area contributed by atoms with Crippen LogP contribution in [0.1, 0.15) is 16.1 Å². The fourth-order valence-corrected chi connectivity index (χ4v) is 1.58. The summed E-state index contributed by atoms with van der Waals surface area (Å²) < 4.78 is 5.67. The maximum Gasteiger partial charge on any atom is 0.433 e. The van der Waals surface area contributed by atoms with E-state index in [4.69, 9.17) is 4.42 Å². The largest absolute Gasteiger partial charge is 0.433 e. The first-order valence-corrected chi connectivity index (χ1v) is 6.19. The van der Waals surface area contributed by atoms with Crippen molar-refractivity contribution in [3.63, 3.8) is 0 Å². The third-order valence-corrected chi connectivity index (χ3v) is 2.77. The number of carbonyl (C=O) groups is 1. The monoisotopic (exact) mass is 337 g/mol. The Bertz CT molecular complexity index is 664. The number of nitro groups is 1. The summed E-state index contributed by atoms with van der Waals surface area (Å²) in [5, 5.41) is 14.1. The van der Waals surface area contributed by atoms with Crippen molar-refractivity contribution in [3.8, 4) is 0 Å². The van der Waals surface area contributed by atoms with Crippen molar-refractivity contribution in [3.05, 3.63) is 62.3 Å². The number of hydrogen-bond acceptors (Lipinski definition) is 5. The summed E-state index contributed by atoms with van der Waals surface area (Å²) in [4.78, 5) is 21.3. The first-order chi connectivity index (χ1) is 9.56. The van der Waals surface area contributed by atoms with Crippen LogP contribution in [0.15, 0.2) is 50.4 Å². The number of nitrogens with one attached hydrogen (secondary N) is 1. The van der Waals surface area contributed by atoms with Gasteiger partial charge in [-0.1, -0.05) is 28.1 Å². The second-order valence-corrected chi connectivity index (χ2v) is 4.56. The molecule has 0 spiro atoms. The first-order valence-electron chi connectivity index (χ1n) is 5.39. The molecule has 2 rings (SSSR count). The highest BCUT2D eigenvalue weighted by Gasteiger charge is 2.16. The van der Waals surface area contributed by atoms with Crippen LogP contribution in [0.3, 0.4) is 0 Å². The van der Waals surface area contributed by atoms with Gasteiger partial charge in [0, 0.05) is 4.47 Å². The summed E-state index contributed by atoms with van der Waals surface area (Å²) in [6.07, 6.45) is 1.45. The van der Waals surface area contributed by atoms with Gasteiger partial charge in [-0.2, -0.15) is 5.10 Å². The van der Waals surface area contributed by atoms with Crippen LogP contribution in [0, 0.1) is 10.1 Å². The molecule has 1 amide bonds. The average molecular weight is 338 g/mol. The highest BCUT2D eigenvalue weighted by molar-refractivity contribution is 9.10. The summed E-state index contributed by atoms with van der Waals surface area (Å²) in [6.45, 7) is 0. The first kappa shape index (κ1) is 13.9. The van der Waals surface area contributed by atoms with Crippen molar-refractivity contribution >= 4 is 33.9 Å². The van der Waals surface area contributed by atoms with Crippen LogP contribution in [0.25, 0.3) is 0 Å². The Balaban J connectivity index is 1.97. The van der Waals surface area contributed by atoms with E-state index in [0.29, 0.717) is 0 Å². The Hall–Kier alpha value is -2.48. The molecule has 0 saturated heterocycles. The van der Waals surface area contributed by atoms with Gasteiger partial charge in [0.2, 0.25) is 5.76 Å². The van der Waals surface area contributed by atoms with Crippen molar-refractivity contribution < 1.29 is 14.1 Å². The van der Waals surface area contributed by atoms with Crippen LogP contribution in [-0.2, 0) is 0 Å². The minimum atomic E-state index is -0.720. The predicted octanol–water partition coefficient (Wildman–Crippen LogP) is 2.71. The van der Waals surface area contributed by atoms with Crippen LogP contribution in [0.4, 0.5) is 5.88 Å². The lowest BCUT2D eigenvalue weighted by Crippen LogP contribution is -2.16. The van der Waals surface area contributed by atoms with E-state index in [1.54, 1.807) is 12.1 Å². The topological polar surface area (TPSA) is 97.7 Å². The second-order valence-electron chi connectivity index (χ2n) is 3.65.